The van der Waals surface area contributed by atoms with Gasteiger partial charge in [-0.2, -0.15) is 8.78 Å². The first-order chi connectivity index (χ1) is 12.6. The van der Waals surface area contributed by atoms with Crippen molar-refractivity contribution < 1.29 is 18.3 Å². The number of ether oxygens (including phenoxy) is 1. The van der Waals surface area contributed by atoms with Gasteiger partial charge in [0, 0.05) is 24.6 Å². The average Bonchev–Trinajstić information content (AvgIpc) is 3.05. The first-order valence-electron chi connectivity index (χ1n) is 8.24. The van der Waals surface area contributed by atoms with E-state index in [1.165, 1.54) is 12.1 Å². The Balaban J connectivity index is 1.32. The quantitative estimate of drug-likeness (QED) is 0.761. The number of fused-ring (bicyclic) bond motifs is 1. The fourth-order valence-electron chi connectivity index (χ4n) is 3.12. The highest BCUT2D eigenvalue weighted by Crippen LogP contribution is 2.37. The number of nitrogens with zero attached hydrogens (tertiary/aromatic N) is 3. The zero-order valence-corrected chi connectivity index (χ0v) is 13.7. The molecule has 3 aromatic rings. The highest BCUT2D eigenvalue weighted by molar-refractivity contribution is 5.92. The number of halogens is 2. The predicted molar refractivity (Wildman–Crippen MR) is 89.3 cm³/mol. The molecule has 1 amide bonds. The van der Waals surface area contributed by atoms with Crippen LogP contribution in [0, 0.1) is 0 Å². The maximum Gasteiger partial charge on any atom is 0.387 e. The Morgan fingerprint density at radius 3 is 2.69 bits per heavy atom. The zero-order valence-electron chi connectivity index (χ0n) is 13.7. The van der Waals surface area contributed by atoms with Crippen LogP contribution in [0.3, 0.4) is 0 Å². The summed E-state index contributed by atoms with van der Waals surface area (Å²) in [6.07, 6.45) is 6.73. The maximum atomic E-state index is 12.3. The van der Waals surface area contributed by atoms with Crippen molar-refractivity contribution >= 4 is 11.7 Å². The van der Waals surface area contributed by atoms with Crippen LogP contribution < -0.4 is 10.1 Å². The summed E-state index contributed by atoms with van der Waals surface area (Å²) in [6, 6.07) is 8.38. The molecule has 0 unspecified atom stereocenters. The lowest BCUT2D eigenvalue weighted by Crippen LogP contribution is -2.43. The molecule has 0 bridgehead atoms. The van der Waals surface area contributed by atoms with Crippen LogP contribution in [0.1, 0.15) is 34.8 Å². The van der Waals surface area contributed by atoms with Gasteiger partial charge in [-0.05, 0) is 42.5 Å². The molecule has 1 aromatic carbocycles. The van der Waals surface area contributed by atoms with Gasteiger partial charge >= 0.3 is 6.61 Å². The Morgan fingerprint density at radius 1 is 1.19 bits per heavy atom. The molecule has 1 aliphatic carbocycles. The van der Waals surface area contributed by atoms with Crippen LogP contribution in [-0.2, 0) is 0 Å². The van der Waals surface area contributed by atoms with Gasteiger partial charge in [-0.3, -0.25) is 9.20 Å². The minimum absolute atomic E-state index is 0.0715. The summed E-state index contributed by atoms with van der Waals surface area (Å²) >= 11 is 0. The number of nitrogens with one attached hydrogen (secondary N) is 1. The van der Waals surface area contributed by atoms with Gasteiger partial charge in [0.2, 0.25) is 5.78 Å². The van der Waals surface area contributed by atoms with E-state index in [2.05, 4.69) is 20.0 Å². The van der Waals surface area contributed by atoms with Gasteiger partial charge in [-0.1, -0.05) is 12.1 Å². The molecular formula is C18H16F2N4O2. The Bertz CT molecular complexity index is 920. The van der Waals surface area contributed by atoms with Gasteiger partial charge in [-0.25, -0.2) is 9.97 Å². The number of aromatic nitrogens is 3. The molecule has 6 nitrogen and oxygen atoms in total. The van der Waals surface area contributed by atoms with E-state index in [1.807, 2.05) is 0 Å². The molecule has 8 heteroatoms. The lowest BCUT2D eigenvalue weighted by atomic mass is 9.76. The van der Waals surface area contributed by atoms with Crippen molar-refractivity contribution in [1.82, 2.24) is 19.7 Å². The minimum atomic E-state index is -2.82. The molecule has 0 spiro atoms. The maximum absolute atomic E-state index is 12.3. The summed E-state index contributed by atoms with van der Waals surface area (Å²) in [6.45, 7) is -2.82. The number of benzene rings is 1. The van der Waals surface area contributed by atoms with Crippen LogP contribution in [0.4, 0.5) is 8.78 Å². The molecule has 2 aromatic heterocycles. The molecular weight excluding hydrogens is 342 g/mol. The van der Waals surface area contributed by atoms with Gasteiger partial charge in [0.1, 0.15) is 11.4 Å². The molecule has 26 heavy (non-hydrogen) atoms. The van der Waals surface area contributed by atoms with Crippen LogP contribution in [0.2, 0.25) is 0 Å². The number of alkyl halides is 2. The summed E-state index contributed by atoms with van der Waals surface area (Å²) in [4.78, 5) is 20.6. The number of amides is 1. The van der Waals surface area contributed by atoms with E-state index < -0.39 is 6.61 Å². The van der Waals surface area contributed by atoms with E-state index in [4.69, 9.17) is 0 Å². The SMILES string of the molecule is O=C(NC1CC(c2ccc(OC(F)F)cc2)C1)c1ccn2ccnc2n1. The largest absolute Gasteiger partial charge is 0.435 e. The molecule has 0 atom stereocenters. The standard InChI is InChI=1S/C18H16F2N4O2/c19-17(20)26-14-3-1-11(2-4-14)12-9-13(10-12)22-16(25)15-5-7-24-8-6-21-18(24)23-15/h1-8,12-13,17H,9-10H2,(H,22,25). The lowest BCUT2D eigenvalue weighted by Gasteiger charge is -2.36. The van der Waals surface area contributed by atoms with Crippen molar-refractivity contribution in [1.29, 1.82) is 0 Å². The zero-order chi connectivity index (χ0) is 18.1. The van der Waals surface area contributed by atoms with Crippen molar-refractivity contribution in [3.05, 3.63) is 60.2 Å². The fraction of sp³-hybridized carbons (Fsp3) is 0.278. The van der Waals surface area contributed by atoms with Gasteiger partial charge in [-0.15, -0.1) is 0 Å². The number of imidazole rings is 1. The first kappa shape index (κ1) is 16.4. The number of hydrogen-bond acceptors (Lipinski definition) is 4. The molecule has 1 aliphatic rings. The van der Waals surface area contributed by atoms with E-state index in [9.17, 15) is 13.6 Å². The second-order valence-corrected chi connectivity index (χ2v) is 6.23. The molecule has 1 saturated carbocycles. The monoisotopic (exact) mass is 358 g/mol. The third kappa shape index (κ3) is 3.35. The topological polar surface area (TPSA) is 68.5 Å². The molecule has 1 fully saturated rings. The Morgan fingerprint density at radius 2 is 1.96 bits per heavy atom. The van der Waals surface area contributed by atoms with E-state index >= 15 is 0 Å². The van der Waals surface area contributed by atoms with E-state index in [0.29, 0.717) is 17.4 Å². The van der Waals surface area contributed by atoms with Crippen LogP contribution >= 0.6 is 0 Å². The Hall–Kier alpha value is -3.03. The third-order valence-electron chi connectivity index (χ3n) is 4.54. The minimum Gasteiger partial charge on any atom is -0.435 e. The highest BCUT2D eigenvalue weighted by atomic mass is 19.3. The predicted octanol–water partition coefficient (Wildman–Crippen LogP) is 3.01. The average molecular weight is 358 g/mol. The van der Waals surface area contributed by atoms with Crippen LogP contribution in [0.15, 0.2) is 48.9 Å². The van der Waals surface area contributed by atoms with Gasteiger partial charge in [0.25, 0.3) is 5.91 Å². The van der Waals surface area contributed by atoms with Gasteiger partial charge in [0.05, 0.1) is 0 Å². The van der Waals surface area contributed by atoms with Crippen LogP contribution in [0.5, 0.6) is 5.75 Å². The fourth-order valence-corrected chi connectivity index (χ4v) is 3.12. The molecule has 4 rings (SSSR count). The van der Waals surface area contributed by atoms with Crippen molar-refractivity contribution in [2.24, 2.45) is 0 Å². The van der Waals surface area contributed by atoms with E-state index in [0.717, 1.165) is 18.4 Å². The van der Waals surface area contributed by atoms with Crippen LogP contribution in [0.25, 0.3) is 5.78 Å². The summed E-state index contributed by atoms with van der Waals surface area (Å²) in [7, 11) is 0. The first-order valence-corrected chi connectivity index (χ1v) is 8.24. The van der Waals surface area contributed by atoms with E-state index in [-0.39, 0.29) is 17.7 Å². The number of rotatable bonds is 5. The molecule has 0 saturated heterocycles. The third-order valence-corrected chi connectivity index (χ3v) is 4.54. The summed E-state index contributed by atoms with van der Waals surface area (Å²) in [5.41, 5.74) is 1.38. The molecule has 2 heterocycles. The Labute approximate surface area is 147 Å². The summed E-state index contributed by atoms with van der Waals surface area (Å²) < 4.78 is 30.4. The second-order valence-electron chi connectivity index (χ2n) is 6.23. The summed E-state index contributed by atoms with van der Waals surface area (Å²) in [5.74, 6) is 0.701. The van der Waals surface area contributed by atoms with Crippen molar-refractivity contribution in [3.8, 4) is 5.75 Å². The van der Waals surface area contributed by atoms with E-state index in [1.54, 1.807) is 41.2 Å². The van der Waals surface area contributed by atoms with Gasteiger partial charge in [0.15, 0.2) is 0 Å². The Kier molecular flexibility index (Phi) is 4.24. The second kappa shape index (κ2) is 6.70. The summed E-state index contributed by atoms with van der Waals surface area (Å²) in [5, 5.41) is 2.96. The lowest BCUT2D eigenvalue weighted by molar-refractivity contribution is -0.0498. The van der Waals surface area contributed by atoms with Crippen molar-refractivity contribution in [2.75, 3.05) is 0 Å². The molecule has 0 aliphatic heterocycles. The molecule has 1 N–H and O–H groups in total. The molecule has 0 radical (unpaired) electrons. The molecule has 134 valence electrons. The van der Waals surface area contributed by atoms with Crippen molar-refractivity contribution in [2.45, 2.75) is 31.4 Å². The van der Waals surface area contributed by atoms with Crippen LogP contribution in [-0.4, -0.2) is 32.9 Å². The van der Waals surface area contributed by atoms with Crippen molar-refractivity contribution in [3.63, 3.8) is 0 Å². The smallest absolute Gasteiger partial charge is 0.387 e. The van der Waals surface area contributed by atoms with Gasteiger partial charge < -0.3 is 10.1 Å². The number of carbonyl (C=O) groups is 1. The number of hydrogen-bond donors (Lipinski definition) is 1. The number of carbonyl (C=O) groups excluding carboxylic acids is 1. The highest BCUT2D eigenvalue weighted by Gasteiger charge is 2.31. The normalized spacial score (nSPS) is 19.3.